The molecule has 16 heavy (non-hydrogen) atoms. The number of hydrogen-bond acceptors (Lipinski definition) is 2. The molecule has 0 aliphatic heterocycles. The summed E-state index contributed by atoms with van der Waals surface area (Å²) in [5.41, 5.74) is 0. The minimum Gasteiger partial charge on any atom is -0.423 e. The average molecular weight is 287 g/mol. The van der Waals surface area contributed by atoms with Gasteiger partial charge in [-0.1, -0.05) is 50.2 Å². The van der Waals surface area contributed by atoms with Gasteiger partial charge in [-0.15, -0.1) is 0 Å². The predicted molar refractivity (Wildman–Crippen MR) is 72.7 cm³/mol. The second kappa shape index (κ2) is 12.0. The Balaban J connectivity index is 0. The molecular formula is C13H19BrO2. The van der Waals surface area contributed by atoms with Gasteiger partial charge in [0.15, 0.2) is 0 Å². The van der Waals surface area contributed by atoms with Crippen molar-refractivity contribution in [1.29, 1.82) is 0 Å². The predicted octanol–water partition coefficient (Wildman–Crippen LogP) is 4.59. The Hall–Kier alpha value is -1.09. The van der Waals surface area contributed by atoms with Crippen LogP contribution in [0.2, 0.25) is 0 Å². The second-order valence-electron chi connectivity index (χ2n) is 2.08. The first-order valence-corrected chi connectivity index (χ1v) is 6.11. The van der Waals surface area contributed by atoms with E-state index in [4.69, 9.17) is 4.74 Å². The van der Waals surface area contributed by atoms with Gasteiger partial charge in [-0.3, -0.25) is 0 Å². The van der Waals surface area contributed by atoms with E-state index in [1.54, 1.807) is 24.3 Å². The third-order valence-corrected chi connectivity index (χ3v) is 1.73. The molecule has 1 aromatic carbocycles. The van der Waals surface area contributed by atoms with Gasteiger partial charge in [-0.05, 0) is 24.3 Å². The van der Waals surface area contributed by atoms with Crippen molar-refractivity contribution in [3.63, 3.8) is 0 Å². The molecule has 0 heterocycles. The molecule has 2 nitrogen and oxygen atoms in total. The van der Waals surface area contributed by atoms with Crippen LogP contribution in [0, 0.1) is 0 Å². The number of ether oxygens (including phenoxy) is 1. The number of carbonyl (C=O) groups is 1. The van der Waals surface area contributed by atoms with Crippen molar-refractivity contribution < 1.29 is 9.53 Å². The largest absolute Gasteiger partial charge is 0.423 e. The molecule has 1 aromatic rings. The van der Waals surface area contributed by atoms with Crippen molar-refractivity contribution in [2.24, 2.45) is 0 Å². The molecule has 0 fully saturated rings. The quantitative estimate of drug-likeness (QED) is 0.451. The molecule has 0 N–H and O–H groups in total. The minimum absolute atomic E-state index is 0.447. The molecule has 0 spiro atoms. The van der Waals surface area contributed by atoms with Gasteiger partial charge in [0.05, 0.1) is 0 Å². The SMILES string of the molecule is C=CC(=O)Oc1ccc(Br)cc1.CC.CC. The number of hydrogen-bond donors (Lipinski definition) is 0. The van der Waals surface area contributed by atoms with E-state index in [9.17, 15) is 4.79 Å². The van der Waals surface area contributed by atoms with Gasteiger partial charge in [0.2, 0.25) is 0 Å². The number of carbonyl (C=O) groups excluding carboxylic acids is 1. The fourth-order valence-corrected chi connectivity index (χ4v) is 0.925. The lowest BCUT2D eigenvalue weighted by Crippen LogP contribution is -2.02. The number of esters is 1. The van der Waals surface area contributed by atoms with Crippen molar-refractivity contribution in [3.8, 4) is 5.75 Å². The maximum absolute atomic E-state index is 10.7. The Morgan fingerprint density at radius 3 is 2.00 bits per heavy atom. The molecule has 0 aliphatic carbocycles. The molecule has 0 atom stereocenters. The van der Waals surface area contributed by atoms with E-state index in [0.717, 1.165) is 10.5 Å². The monoisotopic (exact) mass is 286 g/mol. The Labute approximate surface area is 106 Å². The zero-order valence-corrected chi connectivity index (χ0v) is 11.9. The summed E-state index contributed by atoms with van der Waals surface area (Å²) in [5.74, 6) is 0.0698. The number of halogens is 1. The summed E-state index contributed by atoms with van der Waals surface area (Å²) in [4.78, 5) is 10.7. The Bertz CT molecular complexity index is 291. The fraction of sp³-hybridized carbons (Fsp3) is 0.308. The van der Waals surface area contributed by atoms with Crippen LogP contribution in [-0.2, 0) is 4.79 Å². The van der Waals surface area contributed by atoms with Crippen LogP contribution in [0.5, 0.6) is 5.75 Å². The van der Waals surface area contributed by atoms with Crippen LogP contribution in [0.15, 0.2) is 41.4 Å². The lowest BCUT2D eigenvalue weighted by atomic mass is 10.3. The summed E-state index contributed by atoms with van der Waals surface area (Å²) in [6, 6.07) is 6.99. The van der Waals surface area contributed by atoms with E-state index in [-0.39, 0.29) is 0 Å². The summed E-state index contributed by atoms with van der Waals surface area (Å²) in [5, 5.41) is 0. The standard InChI is InChI=1S/C9H7BrO2.2C2H6/c1-2-9(11)12-8-5-3-7(10)4-6-8;2*1-2/h2-6H,1H2;2*1-2H3. The topological polar surface area (TPSA) is 26.3 Å². The molecule has 0 radical (unpaired) electrons. The highest BCUT2D eigenvalue weighted by molar-refractivity contribution is 9.10. The van der Waals surface area contributed by atoms with E-state index in [1.165, 1.54) is 0 Å². The molecule has 0 aliphatic rings. The summed E-state index contributed by atoms with van der Waals surface area (Å²) in [7, 11) is 0. The van der Waals surface area contributed by atoms with Crippen molar-refractivity contribution in [1.82, 2.24) is 0 Å². The summed E-state index contributed by atoms with van der Waals surface area (Å²) < 4.78 is 5.79. The van der Waals surface area contributed by atoms with Crippen molar-refractivity contribution >= 4 is 21.9 Å². The number of rotatable bonds is 2. The Kier molecular flexibility index (Phi) is 13.0. The zero-order chi connectivity index (χ0) is 13.0. The average Bonchev–Trinajstić information content (AvgIpc) is 2.37. The van der Waals surface area contributed by atoms with Gasteiger partial charge in [0.1, 0.15) is 5.75 Å². The minimum atomic E-state index is -0.447. The van der Waals surface area contributed by atoms with Crippen molar-refractivity contribution in [2.45, 2.75) is 27.7 Å². The summed E-state index contributed by atoms with van der Waals surface area (Å²) in [6.07, 6.45) is 1.13. The molecular weight excluding hydrogens is 268 g/mol. The molecule has 1 rings (SSSR count). The van der Waals surface area contributed by atoms with Crippen LogP contribution < -0.4 is 4.74 Å². The molecule has 0 saturated heterocycles. The first-order valence-electron chi connectivity index (χ1n) is 5.32. The van der Waals surface area contributed by atoms with Gasteiger partial charge in [0, 0.05) is 10.5 Å². The number of benzene rings is 1. The Morgan fingerprint density at radius 1 is 1.19 bits per heavy atom. The molecule has 0 bridgehead atoms. The van der Waals surface area contributed by atoms with Crippen LogP contribution >= 0.6 is 15.9 Å². The van der Waals surface area contributed by atoms with Gasteiger partial charge in [0.25, 0.3) is 0 Å². The molecule has 0 amide bonds. The lowest BCUT2D eigenvalue weighted by Gasteiger charge is -1.99. The van der Waals surface area contributed by atoms with Crippen LogP contribution in [0.3, 0.4) is 0 Å². The van der Waals surface area contributed by atoms with Crippen molar-refractivity contribution in [2.75, 3.05) is 0 Å². The van der Waals surface area contributed by atoms with Crippen LogP contribution in [-0.4, -0.2) is 5.97 Å². The second-order valence-corrected chi connectivity index (χ2v) is 2.99. The highest BCUT2D eigenvalue weighted by atomic mass is 79.9. The molecule has 90 valence electrons. The maximum Gasteiger partial charge on any atom is 0.335 e. The normalized spacial score (nSPS) is 7.56. The van der Waals surface area contributed by atoms with Gasteiger partial charge >= 0.3 is 5.97 Å². The first-order chi connectivity index (χ1) is 7.72. The zero-order valence-electron chi connectivity index (χ0n) is 10.3. The molecule has 3 heteroatoms. The van der Waals surface area contributed by atoms with E-state index < -0.39 is 5.97 Å². The van der Waals surface area contributed by atoms with Crippen molar-refractivity contribution in [3.05, 3.63) is 41.4 Å². The molecule has 0 unspecified atom stereocenters. The maximum atomic E-state index is 10.7. The van der Waals surface area contributed by atoms with E-state index >= 15 is 0 Å². The molecule has 0 saturated carbocycles. The van der Waals surface area contributed by atoms with E-state index in [0.29, 0.717) is 5.75 Å². The van der Waals surface area contributed by atoms with E-state index in [2.05, 4.69) is 22.5 Å². The summed E-state index contributed by atoms with van der Waals surface area (Å²) >= 11 is 3.27. The van der Waals surface area contributed by atoms with Gasteiger partial charge < -0.3 is 4.74 Å². The third kappa shape index (κ3) is 8.24. The fourth-order valence-electron chi connectivity index (χ4n) is 0.660. The third-order valence-electron chi connectivity index (χ3n) is 1.20. The van der Waals surface area contributed by atoms with Gasteiger partial charge in [-0.2, -0.15) is 0 Å². The molecule has 0 aromatic heterocycles. The highest BCUT2D eigenvalue weighted by Gasteiger charge is 1.97. The first kappa shape index (κ1) is 17.3. The van der Waals surface area contributed by atoms with Crippen LogP contribution in [0.1, 0.15) is 27.7 Å². The smallest absolute Gasteiger partial charge is 0.335 e. The lowest BCUT2D eigenvalue weighted by molar-refractivity contribution is -0.128. The Morgan fingerprint density at radius 2 is 1.62 bits per heavy atom. The van der Waals surface area contributed by atoms with Crippen LogP contribution in [0.4, 0.5) is 0 Å². The highest BCUT2D eigenvalue weighted by Crippen LogP contribution is 2.15. The summed E-state index contributed by atoms with van der Waals surface area (Å²) in [6.45, 7) is 11.3. The van der Waals surface area contributed by atoms with Crippen LogP contribution in [0.25, 0.3) is 0 Å². The van der Waals surface area contributed by atoms with E-state index in [1.807, 2.05) is 27.7 Å². The van der Waals surface area contributed by atoms with Gasteiger partial charge in [-0.25, -0.2) is 4.79 Å².